The van der Waals surface area contributed by atoms with Gasteiger partial charge in [-0.1, -0.05) is 42.3 Å². The van der Waals surface area contributed by atoms with Crippen LogP contribution in [0.1, 0.15) is 16.8 Å². The molecule has 0 saturated carbocycles. The average molecular weight is 249 g/mol. The molecule has 0 N–H and O–H groups in total. The molecule has 0 unspecified atom stereocenters. The van der Waals surface area contributed by atoms with E-state index in [9.17, 15) is 0 Å². The van der Waals surface area contributed by atoms with Gasteiger partial charge in [0, 0.05) is 18.9 Å². The Kier molecular flexibility index (Phi) is 4.92. The number of hydrogen-bond acceptors (Lipinski definition) is 2. The Hall–Kier alpha value is -2.37. The van der Waals surface area contributed by atoms with Gasteiger partial charge in [-0.15, -0.1) is 0 Å². The largest absolute Gasteiger partial charge is 0.381 e. The first-order chi connectivity index (χ1) is 9.40. The summed E-state index contributed by atoms with van der Waals surface area (Å²) in [6, 6.07) is 13.7. The first-order valence-corrected chi connectivity index (χ1v) is 6.08. The smallest absolute Gasteiger partial charge is 0.113 e. The molecular formula is C17H15NO. The molecule has 1 aromatic heterocycles. The summed E-state index contributed by atoms with van der Waals surface area (Å²) in [6.45, 7) is 0.599. The van der Waals surface area contributed by atoms with Crippen molar-refractivity contribution in [3.05, 3.63) is 71.6 Å². The van der Waals surface area contributed by atoms with Gasteiger partial charge in [-0.2, -0.15) is 0 Å². The number of aromatic nitrogens is 1. The predicted molar refractivity (Wildman–Crippen MR) is 77.6 cm³/mol. The second-order valence-corrected chi connectivity index (χ2v) is 3.91. The maximum Gasteiger partial charge on any atom is 0.113 e. The third kappa shape index (κ3) is 4.09. The van der Waals surface area contributed by atoms with Gasteiger partial charge in [0.2, 0.25) is 0 Å². The molecule has 0 aliphatic rings. The number of hydrogen-bond donors (Lipinski definition) is 0. The number of ether oxygens (including phenoxy) is 1. The van der Waals surface area contributed by atoms with E-state index in [1.807, 2.05) is 54.6 Å². The van der Waals surface area contributed by atoms with Crippen LogP contribution in [-0.4, -0.2) is 18.7 Å². The van der Waals surface area contributed by atoms with E-state index in [4.69, 9.17) is 4.74 Å². The molecule has 2 aromatic rings. The summed E-state index contributed by atoms with van der Waals surface area (Å²) in [7, 11) is 1.68. The molecule has 0 amide bonds. The fourth-order valence-electron chi connectivity index (χ4n) is 1.60. The van der Waals surface area contributed by atoms with Crippen LogP contribution < -0.4 is 0 Å². The summed E-state index contributed by atoms with van der Waals surface area (Å²) in [5, 5.41) is 0. The van der Waals surface area contributed by atoms with E-state index < -0.39 is 0 Å². The van der Waals surface area contributed by atoms with Crippen molar-refractivity contribution in [3.8, 4) is 11.8 Å². The highest BCUT2D eigenvalue weighted by atomic mass is 16.5. The van der Waals surface area contributed by atoms with Crippen molar-refractivity contribution < 1.29 is 4.74 Å². The van der Waals surface area contributed by atoms with Crippen LogP contribution in [0.25, 0.3) is 6.08 Å². The highest BCUT2D eigenvalue weighted by Gasteiger charge is 1.94. The van der Waals surface area contributed by atoms with Crippen molar-refractivity contribution >= 4 is 6.08 Å². The van der Waals surface area contributed by atoms with Crippen LogP contribution in [0.3, 0.4) is 0 Å². The van der Waals surface area contributed by atoms with Gasteiger partial charge in [0.1, 0.15) is 5.69 Å². The summed E-state index contributed by atoms with van der Waals surface area (Å²) in [4.78, 5) is 4.19. The second kappa shape index (κ2) is 7.15. The van der Waals surface area contributed by atoms with Crippen LogP contribution in [0, 0.1) is 11.8 Å². The Bertz CT molecular complexity index is 606. The molecule has 0 fully saturated rings. The van der Waals surface area contributed by atoms with Crippen LogP contribution in [-0.2, 0) is 4.74 Å². The van der Waals surface area contributed by atoms with Gasteiger partial charge in [-0.3, -0.25) is 0 Å². The molecule has 0 aliphatic carbocycles. The number of benzene rings is 1. The van der Waals surface area contributed by atoms with E-state index in [1.165, 1.54) is 0 Å². The van der Waals surface area contributed by atoms with E-state index in [0.29, 0.717) is 6.61 Å². The summed E-state index contributed by atoms with van der Waals surface area (Å²) >= 11 is 0. The molecule has 0 bridgehead atoms. The lowest BCUT2D eigenvalue weighted by Crippen LogP contribution is -1.85. The minimum atomic E-state index is 0.599. The molecule has 19 heavy (non-hydrogen) atoms. The molecule has 0 atom stereocenters. The zero-order valence-electron chi connectivity index (χ0n) is 10.8. The minimum Gasteiger partial charge on any atom is -0.381 e. The van der Waals surface area contributed by atoms with E-state index >= 15 is 0 Å². The minimum absolute atomic E-state index is 0.599. The van der Waals surface area contributed by atoms with Gasteiger partial charge in [-0.05, 0) is 29.7 Å². The van der Waals surface area contributed by atoms with Gasteiger partial charge in [0.05, 0.1) is 6.61 Å². The standard InChI is InChI=1S/C17H15NO/c1-19-14-6-9-15-7-2-3-8-16(15)11-12-17-10-4-5-13-18-17/h2-10,13H,14H2,1H3. The Balaban J connectivity index is 2.23. The van der Waals surface area contributed by atoms with Crippen molar-refractivity contribution in [1.29, 1.82) is 0 Å². The number of methoxy groups -OCH3 is 1. The summed E-state index contributed by atoms with van der Waals surface area (Å²) < 4.78 is 5.00. The number of rotatable bonds is 3. The molecule has 0 spiro atoms. The summed E-state index contributed by atoms with van der Waals surface area (Å²) in [5.41, 5.74) is 2.85. The summed E-state index contributed by atoms with van der Waals surface area (Å²) in [5.74, 6) is 6.22. The first-order valence-electron chi connectivity index (χ1n) is 6.08. The van der Waals surface area contributed by atoms with Crippen LogP contribution >= 0.6 is 0 Å². The van der Waals surface area contributed by atoms with Crippen LogP contribution in [0.4, 0.5) is 0 Å². The van der Waals surface area contributed by atoms with Crippen molar-refractivity contribution in [1.82, 2.24) is 4.98 Å². The summed E-state index contributed by atoms with van der Waals surface area (Å²) in [6.07, 6.45) is 5.74. The lowest BCUT2D eigenvalue weighted by atomic mass is 10.1. The monoisotopic (exact) mass is 249 g/mol. The third-order valence-electron chi connectivity index (χ3n) is 2.51. The molecule has 0 radical (unpaired) electrons. The SMILES string of the molecule is COCC=Cc1ccccc1C#Cc1ccccn1. The zero-order valence-corrected chi connectivity index (χ0v) is 10.8. The number of nitrogens with zero attached hydrogens (tertiary/aromatic N) is 1. The van der Waals surface area contributed by atoms with Gasteiger partial charge >= 0.3 is 0 Å². The number of pyridine rings is 1. The van der Waals surface area contributed by atoms with E-state index in [-0.39, 0.29) is 0 Å². The molecule has 94 valence electrons. The lowest BCUT2D eigenvalue weighted by Gasteiger charge is -1.97. The average Bonchev–Trinajstić information content (AvgIpc) is 2.48. The molecule has 0 saturated heterocycles. The highest BCUT2D eigenvalue weighted by Crippen LogP contribution is 2.09. The van der Waals surface area contributed by atoms with E-state index in [2.05, 4.69) is 16.8 Å². The Morgan fingerprint density at radius 2 is 1.95 bits per heavy atom. The highest BCUT2D eigenvalue weighted by molar-refractivity contribution is 5.59. The lowest BCUT2D eigenvalue weighted by molar-refractivity contribution is 0.234. The quantitative estimate of drug-likeness (QED) is 0.780. The predicted octanol–water partition coefficient (Wildman–Crippen LogP) is 3.14. The fraction of sp³-hybridized carbons (Fsp3) is 0.118. The maximum atomic E-state index is 5.00. The Morgan fingerprint density at radius 3 is 2.74 bits per heavy atom. The van der Waals surface area contributed by atoms with Gasteiger partial charge in [0.25, 0.3) is 0 Å². The Morgan fingerprint density at radius 1 is 1.11 bits per heavy atom. The van der Waals surface area contributed by atoms with E-state index in [0.717, 1.165) is 16.8 Å². The normalized spacial score (nSPS) is 10.2. The maximum absolute atomic E-state index is 5.00. The van der Waals surface area contributed by atoms with Crippen molar-refractivity contribution in [3.63, 3.8) is 0 Å². The van der Waals surface area contributed by atoms with Crippen molar-refractivity contribution in [2.45, 2.75) is 0 Å². The molecule has 2 heteroatoms. The third-order valence-corrected chi connectivity index (χ3v) is 2.51. The molecule has 1 aromatic carbocycles. The van der Waals surface area contributed by atoms with E-state index in [1.54, 1.807) is 13.3 Å². The molecule has 1 heterocycles. The second-order valence-electron chi connectivity index (χ2n) is 3.91. The zero-order chi connectivity index (χ0) is 13.3. The fourth-order valence-corrected chi connectivity index (χ4v) is 1.60. The van der Waals surface area contributed by atoms with Crippen molar-refractivity contribution in [2.24, 2.45) is 0 Å². The Labute approximate surface area is 113 Å². The molecule has 2 nitrogen and oxygen atoms in total. The van der Waals surface area contributed by atoms with Crippen LogP contribution in [0.2, 0.25) is 0 Å². The molecular weight excluding hydrogens is 234 g/mol. The van der Waals surface area contributed by atoms with Crippen LogP contribution in [0.15, 0.2) is 54.7 Å². The molecule has 0 aliphatic heterocycles. The van der Waals surface area contributed by atoms with Gasteiger partial charge in [0.15, 0.2) is 0 Å². The van der Waals surface area contributed by atoms with Gasteiger partial charge in [-0.25, -0.2) is 4.98 Å². The van der Waals surface area contributed by atoms with Gasteiger partial charge < -0.3 is 4.74 Å². The topological polar surface area (TPSA) is 22.1 Å². The first kappa shape index (κ1) is 13.1. The molecule has 2 rings (SSSR count). The van der Waals surface area contributed by atoms with Crippen molar-refractivity contribution in [2.75, 3.05) is 13.7 Å². The van der Waals surface area contributed by atoms with Crippen LogP contribution in [0.5, 0.6) is 0 Å².